The van der Waals surface area contributed by atoms with Gasteiger partial charge >= 0.3 is 12.0 Å². The van der Waals surface area contributed by atoms with Crippen molar-refractivity contribution in [1.29, 1.82) is 0 Å². The van der Waals surface area contributed by atoms with E-state index in [2.05, 4.69) is 34.5 Å². The second-order valence-electron chi connectivity index (χ2n) is 7.08. The Morgan fingerprint density at radius 2 is 1.80 bits per heavy atom. The third kappa shape index (κ3) is 4.65. The molecule has 0 radical (unpaired) electrons. The predicted molar refractivity (Wildman–Crippen MR) is 96.7 cm³/mol. The number of amides is 2. The van der Waals surface area contributed by atoms with Crippen LogP contribution in [0.2, 0.25) is 0 Å². The van der Waals surface area contributed by atoms with Crippen LogP contribution in [0.3, 0.4) is 0 Å². The van der Waals surface area contributed by atoms with Gasteiger partial charge in [-0.15, -0.1) is 0 Å². The van der Waals surface area contributed by atoms with Gasteiger partial charge in [-0.25, -0.2) is 4.79 Å². The summed E-state index contributed by atoms with van der Waals surface area (Å²) in [4.78, 5) is 27.4. The lowest BCUT2D eigenvalue weighted by molar-refractivity contribution is -0.143. The molecule has 0 bridgehead atoms. The number of anilines is 1. The molecule has 136 valence electrons. The Kier molecular flexibility index (Phi) is 5.79. The Hall–Kier alpha value is -2.24. The fourth-order valence-corrected chi connectivity index (χ4v) is 3.78. The van der Waals surface area contributed by atoms with E-state index < -0.39 is 5.97 Å². The number of nitrogens with zero attached hydrogens (tertiary/aromatic N) is 2. The number of likely N-dealkylation sites (tertiary alicyclic amines) is 1. The first kappa shape index (κ1) is 17.6. The van der Waals surface area contributed by atoms with E-state index in [-0.39, 0.29) is 11.9 Å². The molecule has 0 spiro atoms. The van der Waals surface area contributed by atoms with Gasteiger partial charge in [-0.2, -0.15) is 0 Å². The lowest BCUT2D eigenvalue weighted by Gasteiger charge is -2.35. The summed E-state index contributed by atoms with van der Waals surface area (Å²) in [5.41, 5.74) is 1.24. The van der Waals surface area contributed by atoms with E-state index in [4.69, 9.17) is 5.11 Å². The highest BCUT2D eigenvalue weighted by atomic mass is 16.4. The molecule has 2 N–H and O–H groups in total. The number of carbonyl (C=O) groups excluding carboxylic acids is 1. The van der Waals surface area contributed by atoms with Gasteiger partial charge in [-0.3, -0.25) is 4.79 Å². The average Bonchev–Trinajstić information content (AvgIpc) is 2.67. The maximum Gasteiger partial charge on any atom is 0.317 e. The van der Waals surface area contributed by atoms with Crippen LogP contribution in [0.4, 0.5) is 10.5 Å². The Morgan fingerprint density at radius 1 is 1.08 bits per heavy atom. The van der Waals surface area contributed by atoms with E-state index in [1.54, 1.807) is 4.90 Å². The van der Waals surface area contributed by atoms with Crippen molar-refractivity contribution in [2.45, 2.75) is 25.7 Å². The van der Waals surface area contributed by atoms with E-state index >= 15 is 0 Å². The molecule has 2 heterocycles. The normalized spacial score (nSPS) is 21.8. The molecule has 0 aromatic heterocycles. The van der Waals surface area contributed by atoms with Gasteiger partial charge in [0.2, 0.25) is 0 Å². The van der Waals surface area contributed by atoms with E-state index in [1.807, 2.05) is 6.07 Å². The minimum atomic E-state index is -0.747. The Morgan fingerprint density at radius 3 is 2.48 bits per heavy atom. The molecule has 2 aliphatic rings. The smallest absolute Gasteiger partial charge is 0.317 e. The summed E-state index contributed by atoms with van der Waals surface area (Å²) >= 11 is 0. The lowest BCUT2D eigenvalue weighted by atomic mass is 9.97. The number of aliphatic carboxylic acids is 1. The zero-order valence-electron chi connectivity index (χ0n) is 14.6. The van der Waals surface area contributed by atoms with E-state index in [1.165, 1.54) is 5.69 Å². The first-order chi connectivity index (χ1) is 12.1. The summed E-state index contributed by atoms with van der Waals surface area (Å²) < 4.78 is 0. The number of hydrogen-bond donors (Lipinski definition) is 2. The molecule has 0 aliphatic carbocycles. The summed E-state index contributed by atoms with van der Waals surface area (Å²) in [6.07, 6.45) is 3.37. The van der Waals surface area contributed by atoms with Crippen molar-refractivity contribution in [2.75, 3.05) is 37.6 Å². The number of urea groups is 1. The summed E-state index contributed by atoms with van der Waals surface area (Å²) in [5.74, 6) is -0.598. The van der Waals surface area contributed by atoms with Gasteiger partial charge in [0.15, 0.2) is 0 Å². The van der Waals surface area contributed by atoms with Crippen LogP contribution in [-0.4, -0.2) is 54.7 Å². The zero-order valence-corrected chi connectivity index (χ0v) is 14.6. The number of carboxylic acid groups (broad SMARTS) is 1. The van der Waals surface area contributed by atoms with E-state index in [0.29, 0.717) is 38.4 Å². The van der Waals surface area contributed by atoms with Gasteiger partial charge in [0, 0.05) is 38.4 Å². The molecule has 2 aliphatic heterocycles. The molecule has 3 rings (SSSR count). The van der Waals surface area contributed by atoms with Crippen LogP contribution in [0.1, 0.15) is 25.7 Å². The minimum Gasteiger partial charge on any atom is -0.481 e. The molecule has 2 fully saturated rings. The zero-order chi connectivity index (χ0) is 17.6. The molecule has 6 nitrogen and oxygen atoms in total. The maximum atomic E-state index is 12.3. The lowest BCUT2D eigenvalue weighted by Crippen LogP contribution is -2.48. The fraction of sp³-hybridized carbons (Fsp3) is 0.579. The van der Waals surface area contributed by atoms with Crippen LogP contribution in [0.25, 0.3) is 0 Å². The SMILES string of the molecule is O=C(O)C1CCN(C(=O)NCC2CCCN(c3ccccc3)C2)CC1. The molecular formula is C19H27N3O3. The topological polar surface area (TPSA) is 72.9 Å². The van der Waals surface area contributed by atoms with Crippen molar-refractivity contribution in [1.82, 2.24) is 10.2 Å². The van der Waals surface area contributed by atoms with Crippen molar-refractivity contribution in [3.63, 3.8) is 0 Å². The molecule has 1 unspecified atom stereocenters. The highest BCUT2D eigenvalue weighted by Crippen LogP contribution is 2.23. The first-order valence-electron chi connectivity index (χ1n) is 9.19. The van der Waals surface area contributed by atoms with Gasteiger partial charge in [0.25, 0.3) is 0 Å². The second-order valence-corrected chi connectivity index (χ2v) is 7.08. The van der Waals surface area contributed by atoms with Crippen molar-refractivity contribution in [3.8, 4) is 0 Å². The van der Waals surface area contributed by atoms with Crippen LogP contribution < -0.4 is 10.2 Å². The quantitative estimate of drug-likeness (QED) is 0.879. The minimum absolute atomic E-state index is 0.0549. The third-order valence-electron chi connectivity index (χ3n) is 5.31. The van der Waals surface area contributed by atoms with Crippen molar-refractivity contribution in [2.24, 2.45) is 11.8 Å². The second kappa shape index (κ2) is 8.23. The van der Waals surface area contributed by atoms with E-state index in [0.717, 1.165) is 25.9 Å². The fourth-order valence-electron chi connectivity index (χ4n) is 3.78. The molecule has 25 heavy (non-hydrogen) atoms. The van der Waals surface area contributed by atoms with Gasteiger partial charge in [0.05, 0.1) is 5.92 Å². The number of carboxylic acids is 1. The van der Waals surface area contributed by atoms with Crippen molar-refractivity contribution >= 4 is 17.7 Å². The number of piperidine rings is 2. The van der Waals surface area contributed by atoms with Crippen LogP contribution in [-0.2, 0) is 4.79 Å². The molecule has 6 heteroatoms. The summed E-state index contributed by atoms with van der Waals surface area (Å²) in [5, 5.41) is 12.1. The largest absolute Gasteiger partial charge is 0.481 e. The van der Waals surface area contributed by atoms with Crippen LogP contribution in [0.5, 0.6) is 0 Å². The van der Waals surface area contributed by atoms with Gasteiger partial charge in [-0.1, -0.05) is 18.2 Å². The number of hydrogen-bond acceptors (Lipinski definition) is 3. The Bertz CT molecular complexity index is 585. The molecule has 0 saturated carbocycles. The van der Waals surface area contributed by atoms with Crippen LogP contribution >= 0.6 is 0 Å². The molecule has 1 atom stereocenters. The highest BCUT2D eigenvalue weighted by molar-refractivity contribution is 5.75. The molecule has 1 aromatic rings. The first-order valence-corrected chi connectivity index (χ1v) is 9.19. The number of carbonyl (C=O) groups is 2. The molecule has 2 saturated heterocycles. The van der Waals surface area contributed by atoms with Crippen molar-refractivity contribution in [3.05, 3.63) is 30.3 Å². The summed E-state index contributed by atoms with van der Waals surface area (Å²) in [6.45, 7) is 3.77. The van der Waals surface area contributed by atoms with E-state index in [9.17, 15) is 9.59 Å². The standard InChI is InChI=1S/C19H27N3O3/c23-18(24)16-8-11-21(12-9-16)19(25)20-13-15-5-4-10-22(14-15)17-6-2-1-3-7-17/h1-3,6-7,15-16H,4-5,8-14H2,(H,20,25)(H,23,24). The third-order valence-corrected chi connectivity index (χ3v) is 5.31. The van der Waals surface area contributed by atoms with Gasteiger partial charge < -0.3 is 20.2 Å². The van der Waals surface area contributed by atoms with Crippen LogP contribution in [0, 0.1) is 11.8 Å². The van der Waals surface area contributed by atoms with Crippen LogP contribution in [0.15, 0.2) is 30.3 Å². The number of benzene rings is 1. The van der Waals surface area contributed by atoms with Gasteiger partial charge in [0.1, 0.15) is 0 Å². The Labute approximate surface area is 148 Å². The molecule has 1 aromatic carbocycles. The number of nitrogens with one attached hydrogen (secondary N) is 1. The van der Waals surface area contributed by atoms with Crippen molar-refractivity contribution < 1.29 is 14.7 Å². The summed E-state index contributed by atoms with van der Waals surface area (Å²) in [7, 11) is 0. The average molecular weight is 345 g/mol. The Balaban J connectivity index is 1.44. The maximum absolute atomic E-state index is 12.3. The number of rotatable bonds is 4. The predicted octanol–water partition coefficient (Wildman–Crippen LogP) is 2.41. The molecular weight excluding hydrogens is 318 g/mol. The van der Waals surface area contributed by atoms with Gasteiger partial charge in [-0.05, 0) is 43.7 Å². The summed E-state index contributed by atoms with van der Waals surface area (Å²) in [6, 6.07) is 10.4. The highest BCUT2D eigenvalue weighted by Gasteiger charge is 2.27. The molecule has 2 amide bonds. The number of para-hydroxylation sites is 1. The monoisotopic (exact) mass is 345 g/mol.